The van der Waals surface area contributed by atoms with Crippen molar-refractivity contribution in [2.75, 3.05) is 24.6 Å². The first kappa shape index (κ1) is 20.2. The summed E-state index contributed by atoms with van der Waals surface area (Å²) in [7, 11) is 0. The van der Waals surface area contributed by atoms with Crippen LogP contribution >= 0.6 is 0 Å². The molecule has 0 aliphatic carbocycles. The molecular formula is C18H25N5O5. The van der Waals surface area contributed by atoms with E-state index in [4.69, 9.17) is 14.6 Å². The molecule has 1 aromatic heterocycles. The summed E-state index contributed by atoms with van der Waals surface area (Å²) in [5, 5.41) is 39.3. The summed E-state index contributed by atoms with van der Waals surface area (Å²) >= 11 is 0. The number of hydrogen-bond acceptors (Lipinski definition) is 8. The highest BCUT2D eigenvalue weighted by molar-refractivity contribution is 5.41. The van der Waals surface area contributed by atoms with Gasteiger partial charge in [-0.25, -0.2) is 0 Å². The Kier molecular flexibility index (Phi) is 5.92. The molecule has 3 heterocycles. The molecule has 0 radical (unpaired) electrons. The Morgan fingerprint density at radius 3 is 2.50 bits per heavy atom. The SMILES string of the molecule is C[C@]1(O)CC2(CCN(c3nnnn3-c3ccccc3)CC2)OC[C@@H]1O.O=CO. The first-order chi connectivity index (χ1) is 13.4. The van der Waals surface area contributed by atoms with Gasteiger partial charge in [-0.15, -0.1) is 0 Å². The lowest BCUT2D eigenvalue weighted by molar-refractivity contribution is -0.216. The largest absolute Gasteiger partial charge is 0.483 e. The number of tetrazole rings is 1. The molecule has 2 aromatic rings. The van der Waals surface area contributed by atoms with E-state index in [0.29, 0.717) is 12.4 Å². The van der Waals surface area contributed by atoms with E-state index in [1.807, 2.05) is 30.3 Å². The van der Waals surface area contributed by atoms with Crippen LogP contribution in [0.3, 0.4) is 0 Å². The van der Waals surface area contributed by atoms with Crippen molar-refractivity contribution < 1.29 is 24.9 Å². The van der Waals surface area contributed by atoms with Gasteiger partial charge in [0.2, 0.25) is 5.95 Å². The van der Waals surface area contributed by atoms with Gasteiger partial charge in [0.1, 0.15) is 6.10 Å². The van der Waals surface area contributed by atoms with Gasteiger partial charge in [0.05, 0.1) is 23.5 Å². The van der Waals surface area contributed by atoms with Gasteiger partial charge >= 0.3 is 0 Å². The highest BCUT2D eigenvalue weighted by Gasteiger charge is 2.48. The fraction of sp³-hybridized carbons (Fsp3) is 0.556. The molecule has 2 aliphatic heterocycles. The molecule has 10 heteroatoms. The summed E-state index contributed by atoms with van der Waals surface area (Å²) in [6.45, 7) is 3.08. The molecule has 2 fully saturated rings. The molecule has 10 nitrogen and oxygen atoms in total. The van der Waals surface area contributed by atoms with Crippen molar-refractivity contribution in [3.05, 3.63) is 30.3 Å². The van der Waals surface area contributed by atoms with Gasteiger partial charge in [0, 0.05) is 19.5 Å². The fourth-order valence-corrected chi connectivity index (χ4v) is 3.81. The predicted molar refractivity (Wildman–Crippen MR) is 99.2 cm³/mol. The van der Waals surface area contributed by atoms with Crippen LogP contribution in [0, 0.1) is 0 Å². The number of nitrogens with zero attached hydrogens (tertiary/aromatic N) is 5. The Bertz CT molecular complexity index is 774. The minimum atomic E-state index is -1.11. The molecule has 152 valence electrons. The average molecular weight is 391 g/mol. The summed E-state index contributed by atoms with van der Waals surface area (Å²) in [6, 6.07) is 9.80. The highest BCUT2D eigenvalue weighted by Crippen LogP contribution is 2.40. The fourth-order valence-electron chi connectivity index (χ4n) is 3.81. The van der Waals surface area contributed by atoms with Crippen LogP contribution in [-0.4, -0.2) is 79.0 Å². The summed E-state index contributed by atoms with van der Waals surface area (Å²) in [5.74, 6) is 0.712. The number of piperidine rings is 1. The van der Waals surface area contributed by atoms with Crippen LogP contribution in [0.2, 0.25) is 0 Å². The molecule has 0 bridgehead atoms. The topological polar surface area (TPSA) is 134 Å². The molecule has 0 saturated carbocycles. The maximum absolute atomic E-state index is 10.4. The van der Waals surface area contributed by atoms with Crippen LogP contribution in [0.25, 0.3) is 5.69 Å². The third-order valence-corrected chi connectivity index (χ3v) is 5.36. The first-order valence-corrected chi connectivity index (χ1v) is 9.12. The van der Waals surface area contributed by atoms with Gasteiger partial charge in [-0.2, -0.15) is 4.68 Å². The van der Waals surface area contributed by atoms with Crippen molar-refractivity contribution in [1.29, 1.82) is 0 Å². The van der Waals surface area contributed by atoms with Crippen LogP contribution in [-0.2, 0) is 9.53 Å². The summed E-state index contributed by atoms with van der Waals surface area (Å²) in [5.41, 5.74) is -0.571. The van der Waals surface area contributed by atoms with Crippen LogP contribution in [0.15, 0.2) is 30.3 Å². The zero-order chi connectivity index (χ0) is 20.2. The van der Waals surface area contributed by atoms with E-state index >= 15 is 0 Å². The van der Waals surface area contributed by atoms with Crippen LogP contribution < -0.4 is 4.90 Å². The van der Waals surface area contributed by atoms with Gasteiger partial charge < -0.3 is 25.0 Å². The number of carboxylic acid groups (broad SMARTS) is 1. The quantitative estimate of drug-likeness (QED) is 0.615. The zero-order valence-corrected chi connectivity index (χ0v) is 15.7. The van der Waals surface area contributed by atoms with E-state index in [0.717, 1.165) is 31.6 Å². The molecule has 0 amide bonds. The van der Waals surface area contributed by atoms with Gasteiger partial charge in [0.15, 0.2) is 0 Å². The second-order valence-corrected chi connectivity index (χ2v) is 7.36. The van der Waals surface area contributed by atoms with E-state index < -0.39 is 11.7 Å². The molecular weight excluding hydrogens is 366 g/mol. The van der Waals surface area contributed by atoms with Crippen molar-refractivity contribution >= 4 is 12.4 Å². The number of rotatable bonds is 2. The third kappa shape index (κ3) is 4.13. The number of aliphatic hydroxyl groups is 2. The molecule has 2 atom stereocenters. The lowest BCUT2D eigenvalue weighted by Crippen LogP contribution is -2.59. The second-order valence-electron chi connectivity index (χ2n) is 7.36. The van der Waals surface area contributed by atoms with Crippen LogP contribution in [0.5, 0.6) is 0 Å². The molecule has 2 aliphatic rings. The van der Waals surface area contributed by atoms with E-state index in [1.165, 1.54) is 0 Å². The standard InChI is InChI=1S/C17H23N5O3.CH2O2/c1-16(24)12-17(25-11-14(16)23)7-9-21(10-8-17)15-18-19-20-22(15)13-5-3-2-4-6-13;2-1-3/h2-6,14,23-24H,7-12H2,1H3;1H,(H,2,3)/t14-,16-;/m0./s1. The number of anilines is 1. The normalized spacial score (nSPS) is 26.4. The highest BCUT2D eigenvalue weighted by atomic mass is 16.5. The lowest BCUT2D eigenvalue weighted by atomic mass is 9.77. The summed E-state index contributed by atoms with van der Waals surface area (Å²) in [6.07, 6.45) is 1.13. The molecule has 0 unspecified atom stereocenters. The Labute approximate surface area is 162 Å². The zero-order valence-electron chi connectivity index (χ0n) is 15.7. The van der Waals surface area contributed by atoms with Crippen molar-refractivity contribution in [3.63, 3.8) is 0 Å². The molecule has 28 heavy (non-hydrogen) atoms. The predicted octanol–water partition coefficient (Wildman–Crippen LogP) is 0.234. The van der Waals surface area contributed by atoms with E-state index in [1.54, 1.807) is 11.6 Å². The minimum absolute atomic E-state index is 0.175. The summed E-state index contributed by atoms with van der Waals surface area (Å²) in [4.78, 5) is 10.5. The smallest absolute Gasteiger partial charge is 0.290 e. The van der Waals surface area contributed by atoms with Crippen molar-refractivity contribution in [2.45, 2.75) is 43.5 Å². The van der Waals surface area contributed by atoms with Gasteiger partial charge in [-0.1, -0.05) is 23.3 Å². The number of benzene rings is 1. The number of ether oxygens (including phenoxy) is 1. The number of para-hydroxylation sites is 1. The summed E-state index contributed by atoms with van der Waals surface area (Å²) < 4.78 is 7.68. The van der Waals surface area contributed by atoms with E-state index in [2.05, 4.69) is 20.4 Å². The maximum atomic E-state index is 10.4. The number of aromatic nitrogens is 4. The van der Waals surface area contributed by atoms with Gasteiger partial charge in [0.25, 0.3) is 6.47 Å². The van der Waals surface area contributed by atoms with Crippen molar-refractivity contribution in [2.24, 2.45) is 0 Å². The Morgan fingerprint density at radius 1 is 1.25 bits per heavy atom. The Hall–Kier alpha value is -2.56. The van der Waals surface area contributed by atoms with Crippen LogP contribution in [0.1, 0.15) is 26.2 Å². The van der Waals surface area contributed by atoms with Crippen molar-refractivity contribution in [3.8, 4) is 5.69 Å². The lowest BCUT2D eigenvalue weighted by Gasteiger charge is -2.49. The van der Waals surface area contributed by atoms with Crippen molar-refractivity contribution in [1.82, 2.24) is 20.2 Å². The molecule has 2 saturated heterocycles. The van der Waals surface area contributed by atoms with E-state index in [9.17, 15) is 10.2 Å². The maximum Gasteiger partial charge on any atom is 0.290 e. The molecule has 4 rings (SSSR count). The third-order valence-electron chi connectivity index (χ3n) is 5.36. The monoisotopic (exact) mass is 391 g/mol. The van der Waals surface area contributed by atoms with E-state index in [-0.39, 0.29) is 18.7 Å². The number of carbonyl (C=O) groups is 1. The first-order valence-electron chi connectivity index (χ1n) is 9.12. The Balaban J connectivity index is 0.000000706. The molecule has 3 N–H and O–H groups in total. The van der Waals surface area contributed by atoms with Crippen LogP contribution in [0.4, 0.5) is 5.95 Å². The van der Waals surface area contributed by atoms with Gasteiger partial charge in [-0.3, -0.25) is 4.79 Å². The number of aliphatic hydroxyl groups excluding tert-OH is 1. The average Bonchev–Trinajstić information content (AvgIpc) is 3.17. The minimum Gasteiger partial charge on any atom is -0.483 e. The second kappa shape index (κ2) is 8.21. The molecule has 1 aromatic carbocycles. The number of hydrogen-bond donors (Lipinski definition) is 3. The Morgan fingerprint density at radius 2 is 1.89 bits per heavy atom. The molecule has 1 spiro atoms. The van der Waals surface area contributed by atoms with Gasteiger partial charge in [-0.05, 0) is 42.3 Å².